The summed E-state index contributed by atoms with van der Waals surface area (Å²) in [7, 11) is 3.17. The molecule has 0 fully saturated rings. The molecular weight excluding hydrogens is 320 g/mol. The average Bonchev–Trinajstić information content (AvgIpc) is 2.66. The van der Waals surface area contributed by atoms with Crippen molar-refractivity contribution in [2.24, 2.45) is 0 Å². The van der Waals surface area contributed by atoms with Crippen molar-refractivity contribution in [1.82, 2.24) is 9.88 Å². The van der Waals surface area contributed by atoms with Crippen molar-refractivity contribution >= 4 is 5.91 Å². The lowest BCUT2D eigenvalue weighted by Gasteiger charge is -2.23. The highest BCUT2D eigenvalue weighted by atomic mass is 16.5. The van der Waals surface area contributed by atoms with Crippen molar-refractivity contribution in [3.05, 3.63) is 53.9 Å². The SMILES string of the molecule is COc1ccc(CN(CCO)C(=O)CCc2cccnc2)c(OC)c1. The number of hydrogen-bond acceptors (Lipinski definition) is 5. The molecule has 0 unspecified atom stereocenters. The van der Waals surface area contributed by atoms with Crippen LogP contribution in [0.2, 0.25) is 0 Å². The van der Waals surface area contributed by atoms with Crippen LogP contribution in [0.15, 0.2) is 42.7 Å². The second kappa shape index (κ2) is 9.64. The number of rotatable bonds is 9. The highest BCUT2D eigenvalue weighted by Gasteiger charge is 2.16. The first kappa shape index (κ1) is 18.7. The zero-order valence-corrected chi connectivity index (χ0v) is 14.6. The van der Waals surface area contributed by atoms with Crippen LogP contribution in [-0.4, -0.2) is 48.3 Å². The average molecular weight is 344 g/mol. The first-order chi connectivity index (χ1) is 12.2. The van der Waals surface area contributed by atoms with E-state index in [1.165, 1.54) is 0 Å². The van der Waals surface area contributed by atoms with Gasteiger partial charge in [-0.05, 0) is 30.2 Å². The van der Waals surface area contributed by atoms with Crippen LogP contribution in [0.25, 0.3) is 0 Å². The highest BCUT2D eigenvalue weighted by molar-refractivity contribution is 5.76. The summed E-state index contributed by atoms with van der Waals surface area (Å²) in [5.41, 5.74) is 1.88. The number of aryl methyl sites for hydroxylation is 1. The molecule has 25 heavy (non-hydrogen) atoms. The Morgan fingerprint density at radius 1 is 1.24 bits per heavy atom. The van der Waals surface area contributed by atoms with Gasteiger partial charge in [-0.15, -0.1) is 0 Å². The van der Waals surface area contributed by atoms with Crippen molar-refractivity contribution in [3.63, 3.8) is 0 Å². The van der Waals surface area contributed by atoms with Crippen LogP contribution in [0.3, 0.4) is 0 Å². The van der Waals surface area contributed by atoms with E-state index < -0.39 is 0 Å². The number of aliphatic hydroxyl groups is 1. The third kappa shape index (κ3) is 5.46. The predicted octanol–water partition coefficient (Wildman–Crippen LogP) is 2.05. The number of carbonyl (C=O) groups is 1. The van der Waals surface area contributed by atoms with Gasteiger partial charge in [-0.3, -0.25) is 9.78 Å². The Labute approximate surface area is 148 Å². The normalized spacial score (nSPS) is 10.4. The quantitative estimate of drug-likeness (QED) is 0.754. The largest absolute Gasteiger partial charge is 0.497 e. The zero-order valence-electron chi connectivity index (χ0n) is 14.6. The Hall–Kier alpha value is -2.60. The second-order valence-electron chi connectivity index (χ2n) is 5.58. The molecule has 1 aromatic heterocycles. The smallest absolute Gasteiger partial charge is 0.223 e. The fourth-order valence-electron chi connectivity index (χ4n) is 2.56. The maximum absolute atomic E-state index is 12.6. The van der Waals surface area contributed by atoms with E-state index in [1.54, 1.807) is 37.6 Å². The van der Waals surface area contributed by atoms with Crippen LogP contribution in [0.1, 0.15) is 17.5 Å². The van der Waals surface area contributed by atoms with Gasteiger partial charge in [0, 0.05) is 43.5 Å². The first-order valence-corrected chi connectivity index (χ1v) is 8.16. The Balaban J connectivity index is 2.05. The second-order valence-corrected chi connectivity index (χ2v) is 5.58. The van der Waals surface area contributed by atoms with Gasteiger partial charge in [0.05, 0.1) is 20.8 Å². The summed E-state index contributed by atoms with van der Waals surface area (Å²) >= 11 is 0. The number of aliphatic hydroxyl groups excluding tert-OH is 1. The molecule has 0 aliphatic heterocycles. The number of methoxy groups -OCH3 is 2. The fourth-order valence-corrected chi connectivity index (χ4v) is 2.56. The van der Waals surface area contributed by atoms with Crippen LogP contribution < -0.4 is 9.47 Å². The molecule has 0 saturated heterocycles. The molecule has 6 heteroatoms. The summed E-state index contributed by atoms with van der Waals surface area (Å²) < 4.78 is 10.6. The molecule has 1 aromatic carbocycles. The molecule has 0 bridgehead atoms. The molecule has 0 radical (unpaired) electrons. The maximum atomic E-state index is 12.6. The number of aromatic nitrogens is 1. The lowest BCUT2D eigenvalue weighted by Crippen LogP contribution is -2.33. The van der Waals surface area contributed by atoms with Crippen molar-refractivity contribution in [3.8, 4) is 11.5 Å². The number of benzene rings is 1. The van der Waals surface area contributed by atoms with Crippen molar-refractivity contribution in [2.75, 3.05) is 27.4 Å². The monoisotopic (exact) mass is 344 g/mol. The Kier molecular flexibility index (Phi) is 7.22. The number of amides is 1. The zero-order chi connectivity index (χ0) is 18.1. The van der Waals surface area contributed by atoms with E-state index in [1.807, 2.05) is 24.3 Å². The van der Waals surface area contributed by atoms with Gasteiger partial charge in [-0.1, -0.05) is 6.07 Å². The summed E-state index contributed by atoms with van der Waals surface area (Å²) in [6.45, 7) is 0.567. The minimum Gasteiger partial charge on any atom is -0.497 e. The van der Waals surface area contributed by atoms with E-state index >= 15 is 0 Å². The van der Waals surface area contributed by atoms with E-state index in [9.17, 15) is 9.90 Å². The first-order valence-electron chi connectivity index (χ1n) is 8.16. The maximum Gasteiger partial charge on any atom is 0.223 e. The summed E-state index contributed by atoms with van der Waals surface area (Å²) in [4.78, 5) is 18.3. The van der Waals surface area contributed by atoms with Gasteiger partial charge in [0.25, 0.3) is 0 Å². The van der Waals surface area contributed by atoms with Crippen LogP contribution in [0.4, 0.5) is 0 Å². The predicted molar refractivity (Wildman–Crippen MR) is 94.6 cm³/mol. The van der Waals surface area contributed by atoms with Gasteiger partial charge in [0.1, 0.15) is 11.5 Å². The lowest BCUT2D eigenvalue weighted by atomic mass is 10.1. The molecule has 1 N–H and O–H groups in total. The molecular formula is C19H24N2O4. The molecule has 134 valence electrons. The van der Waals surface area contributed by atoms with Crippen molar-refractivity contribution in [1.29, 1.82) is 0 Å². The number of pyridine rings is 1. The minimum atomic E-state index is -0.0862. The summed E-state index contributed by atoms with van der Waals surface area (Å²) in [5.74, 6) is 1.33. The van der Waals surface area contributed by atoms with Gasteiger partial charge in [-0.2, -0.15) is 0 Å². The lowest BCUT2D eigenvalue weighted by molar-refractivity contribution is -0.132. The molecule has 0 aliphatic rings. The molecule has 0 atom stereocenters. The van der Waals surface area contributed by atoms with Crippen molar-refractivity contribution in [2.45, 2.75) is 19.4 Å². The van der Waals surface area contributed by atoms with E-state index in [-0.39, 0.29) is 19.1 Å². The molecule has 1 amide bonds. The van der Waals surface area contributed by atoms with Crippen LogP contribution in [0.5, 0.6) is 11.5 Å². The number of ether oxygens (including phenoxy) is 2. The van der Waals surface area contributed by atoms with E-state index in [2.05, 4.69) is 4.98 Å². The topological polar surface area (TPSA) is 71.9 Å². The number of nitrogens with zero attached hydrogens (tertiary/aromatic N) is 2. The molecule has 0 saturated carbocycles. The summed E-state index contributed by atoms with van der Waals surface area (Å²) in [5, 5.41) is 9.30. The summed E-state index contributed by atoms with van der Waals surface area (Å²) in [6.07, 6.45) is 4.45. The molecule has 1 heterocycles. The van der Waals surface area contributed by atoms with Gasteiger partial charge in [0.15, 0.2) is 0 Å². The van der Waals surface area contributed by atoms with Crippen LogP contribution in [0, 0.1) is 0 Å². The van der Waals surface area contributed by atoms with E-state index in [0.717, 1.165) is 11.1 Å². The highest BCUT2D eigenvalue weighted by Crippen LogP contribution is 2.26. The number of carbonyl (C=O) groups excluding carboxylic acids is 1. The third-order valence-electron chi connectivity index (χ3n) is 3.93. The van der Waals surface area contributed by atoms with Gasteiger partial charge in [-0.25, -0.2) is 0 Å². The van der Waals surface area contributed by atoms with Gasteiger partial charge in [0.2, 0.25) is 5.91 Å². The van der Waals surface area contributed by atoms with Crippen molar-refractivity contribution < 1.29 is 19.4 Å². The van der Waals surface area contributed by atoms with E-state index in [4.69, 9.17) is 9.47 Å². The molecule has 6 nitrogen and oxygen atoms in total. The standard InChI is InChI=1S/C19H24N2O4/c1-24-17-7-6-16(18(12-17)25-2)14-21(10-11-22)19(23)8-5-15-4-3-9-20-13-15/h3-4,6-7,9,12-13,22H,5,8,10-11,14H2,1-2H3. The summed E-state index contributed by atoms with van der Waals surface area (Å²) in [6, 6.07) is 9.29. The van der Waals surface area contributed by atoms with Gasteiger partial charge < -0.3 is 19.5 Å². The molecule has 0 aliphatic carbocycles. The molecule has 0 spiro atoms. The molecule has 2 rings (SSSR count). The van der Waals surface area contributed by atoms with Crippen LogP contribution >= 0.6 is 0 Å². The number of hydrogen-bond donors (Lipinski definition) is 1. The van der Waals surface area contributed by atoms with Crippen LogP contribution in [-0.2, 0) is 17.8 Å². The minimum absolute atomic E-state index is 0.0178. The Bertz CT molecular complexity index is 676. The fraction of sp³-hybridized carbons (Fsp3) is 0.368. The Morgan fingerprint density at radius 3 is 2.72 bits per heavy atom. The van der Waals surface area contributed by atoms with E-state index in [0.29, 0.717) is 30.9 Å². The van der Waals surface area contributed by atoms with Gasteiger partial charge >= 0.3 is 0 Å². The Morgan fingerprint density at radius 2 is 2.08 bits per heavy atom. The third-order valence-corrected chi connectivity index (χ3v) is 3.93. The molecule has 2 aromatic rings.